The molecule has 0 heterocycles. The molecule has 0 aromatic rings. The van der Waals surface area contributed by atoms with Gasteiger partial charge in [-0.2, -0.15) is 0 Å². The van der Waals surface area contributed by atoms with Gasteiger partial charge in [0, 0.05) is 11.8 Å². The predicted molar refractivity (Wildman–Crippen MR) is 53.4 cm³/mol. The van der Waals surface area contributed by atoms with Gasteiger partial charge in [-0.3, -0.25) is 4.79 Å². The van der Waals surface area contributed by atoms with Crippen molar-refractivity contribution in [2.24, 2.45) is 11.3 Å². The molecule has 1 nitrogen and oxygen atoms in total. The zero-order valence-electron chi connectivity index (χ0n) is 8.60. The van der Waals surface area contributed by atoms with E-state index in [1.807, 2.05) is 0 Å². The van der Waals surface area contributed by atoms with Crippen molar-refractivity contribution in [3.05, 3.63) is 11.6 Å². The second-order valence-electron chi connectivity index (χ2n) is 4.89. The fourth-order valence-electron chi connectivity index (χ4n) is 2.81. The zero-order valence-corrected chi connectivity index (χ0v) is 8.60. The minimum Gasteiger partial charge on any atom is -0.299 e. The van der Waals surface area contributed by atoms with Gasteiger partial charge in [-0.1, -0.05) is 18.6 Å². The van der Waals surface area contributed by atoms with Crippen LogP contribution in [0.5, 0.6) is 0 Å². The number of fused-ring (bicyclic) bond motifs is 1. The van der Waals surface area contributed by atoms with Crippen LogP contribution in [0.3, 0.4) is 0 Å². The summed E-state index contributed by atoms with van der Waals surface area (Å²) < 4.78 is 0. The highest BCUT2D eigenvalue weighted by Crippen LogP contribution is 2.47. The second kappa shape index (κ2) is 2.97. The molecule has 0 saturated heterocycles. The third-order valence-corrected chi connectivity index (χ3v) is 3.94. The molecule has 1 fully saturated rings. The first-order chi connectivity index (χ1) is 6.13. The van der Waals surface area contributed by atoms with Crippen molar-refractivity contribution >= 4 is 5.78 Å². The number of carbonyl (C=O) groups excluding carboxylic acids is 1. The molecule has 2 atom stereocenters. The lowest BCUT2D eigenvalue weighted by molar-refractivity contribution is -0.134. The minimum atomic E-state index is -0.00222. The maximum Gasteiger partial charge on any atom is 0.139 e. The monoisotopic (exact) mass is 178 g/mol. The fourth-order valence-corrected chi connectivity index (χ4v) is 2.81. The smallest absolute Gasteiger partial charge is 0.139 e. The van der Waals surface area contributed by atoms with Gasteiger partial charge in [-0.05, 0) is 38.5 Å². The lowest BCUT2D eigenvalue weighted by Crippen LogP contribution is -2.40. The number of hydrogen-bond donors (Lipinski definition) is 0. The molecule has 0 bridgehead atoms. The molecular formula is C12H18O. The van der Waals surface area contributed by atoms with E-state index in [9.17, 15) is 4.79 Å². The number of carbonyl (C=O) groups is 1. The summed E-state index contributed by atoms with van der Waals surface area (Å²) in [5.74, 6) is 1.14. The van der Waals surface area contributed by atoms with E-state index in [1.54, 1.807) is 0 Å². The van der Waals surface area contributed by atoms with Gasteiger partial charge in [0.25, 0.3) is 0 Å². The summed E-state index contributed by atoms with van der Waals surface area (Å²) in [4.78, 5) is 11.8. The lowest BCUT2D eigenvalue weighted by atomic mass is 9.60. The van der Waals surface area contributed by atoms with E-state index >= 15 is 0 Å². The Balaban J connectivity index is 2.28. The van der Waals surface area contributed by atoms with E-state index in [0.717, 1.165) is 25.7 Å². The van der Waals surface area contributed by atoms with Crippen molar-refractivity contribution in [2.45, 2.75) is 46.0 Å². The zero-order chi connectivity index (χ0) is 9.47. The number of rotatable bonds is 0. The van der Waals surface area contributed by atoms with Gasteiger partial charge in [0.2, 0.25) is 0 Å². The molecule has 2 aliphatic rings. The molecule has 0 radical (unpaired) electrons. The summed E-state index contributed by atoms with van der Waals surface area (Å²) in [6.07, 6.45) is 7.60. The molecule has 0 aliphatic heterocycles. The molecule has 72 valence electrons. The van der Waals surface area contributed by atoms with Crippen molar-refractivity contribution in [1.29, 1.82) is 0 Å². The van der Waals surface area contributed by atoms with E-state index in [4.69, 9.17) is 0 Å². The van der Waals surface area contributed by atoms with Crippen LogP contribution >= 0.6 is 0 Å². The Morgan fingerprint density at radius 1 is 1.54 bits per heavy atom. The van der Waals surface area contributed by atoms with Crippen LogP contribution in [-0.4, -0.2) is 5.78 Å². The van der Waals surface area contributed by atoms with Crippen molar-refractivity contribution in [3.8, 4) is 0 Å². The number of hydrogen-bond acceptors (Lipinski definition) is 1. The summed E-state index contributed by atoms with van der Waals surface area (Å²) in [6.45, 7) is 4.36. The van der Waals surface area contributed by atoms with E-state index in [0.29, 0.717) is 11.7 Å². The highest BCUT2D eigenvalue weighted by Gasteiger charge is 2.43. The average molecular weight is 178 g/mol. The van der Waals surface area contributed by atoms with Crippen LogP contribution in [0.2, 0.25) is 0 Å². The molecule has 1 saturated carbocycles. The molecular weight excluding hydrogens is 160 g/mol. The van der Waals surface area contributed by atoms with Gasteiger partial charge < -0.3 is 0 Å². The van der Waals surface area contributed by atoms with Gasteiger partial charge >= 0.3 is 0 Å². The van der Waals surface area contributed by atoms with Gasteiger partial charge in [0.1, 0.15) is 5.78 Å². The van der Waals surface area contributed by atoms with E-state index in [1.165, 1.54) is 12.0 Å². The molecule has 0 amide bonds. The maximum atomic E-state index is 11.8. The molecule has 2 aliphatic carbocycles. The van der Waals surface area contributed by atoms with Crippen LogP contribution in [-0.2, 0) is 4.79 Å². The van der Waals surface area contributed by atoms with Crippen molar-refractivity contribution in [3.63, 3.8) is 0 Å². The van der Waals surface area contributed by atoms with Crippen molar-refractivity contribution in [2.75, 3.05) is 0 Å². The van der Waals surface area contributed by atoms with E-state index < -0.39 is 0 Å². The van der Waals surface area contributed by atoms with Crippen LogP contribution in [0.1, 0.15) is 46.0 Å². The SMILES string of the molecule is CC1=CC[C@]2(C)C(=O)CCC[C@H]2C1. The Morgan fingerprint density at radius 2 is 2.31 bits per heavy atom. The molecule has 2 rings (SSSR count). The van der Waals surface area contributed by atoms with E-state index in [-0.39, 0.29) is 5.41 Å². The van der Waals surface area contributed by atoms with Gasteiger partial charge in [-0.15, -0.1) is 0 Å². The van der Waals surface area contributed by atoms with Crippen LogP contribution in [0.15, 0.2) is 11.6 Å². The number of allylic oxidation sites excluding steroid dienone is 2. The number of Topliss-reactive ketones (excluding diaryl/α,β-unsaturated/α-hetero) is 1. The Labute approximate surface area is 80.2 Å². The third kappa shape index (κ3) is 1.34. The molecule has 0 unspecified atom stereocenters. The average Bonchev–Trinajstić information content (AvgIpc) is 2.09. The van der Waals surface area contributed by atoms with Crippen LogP contribution in [0.4, 0.5) is 0 Å². The fraction of sp³-hybridized carbons (Fsp3) is 0.750. The van der Waals surface area contributed by atoms with Crippen LogP contribution in [0, 0.1) is 11.3 Å². The largest absolute Gasteiger partial charge is 0.299 e. The molecule has 0 spiro atoms. The molecule has 0 N–H and O–H groups in total. The summed E-state index contributed by atoms with van der Waals surface area (Å²) in [7, 11) is 0. The standard InChI is InChI=1S/C12H18O/c1-9-6-7-12(2)10(8-9)4-3-5-11(12)13/h6,10H,3-5,7-8H2,1-2H3/t10-,12-/m0/s1. The normalized spacial score (nSPS) is 39.7. The summed E-state index contributed by atoms with van der Waals surface area (Å²) >= 11 is 0. The van der Waals surface area contributed by atoms with Crippen LogP contribution < -0.4 is 0 Å². The highest BCUT2D eigenvalue weighted by molar-refractivity contribution is 5.86. The van der Waals surface area contributed by atoms with E-state index in [2.05, 4.69) is 19.9 Å². The minimum absolute atomic E-state index is 0.00222. The number of ketones is 1. The lowest BCUT2D eigenvalue weighted by Gasteiger charge is -2.42. The summed E-state index contributed by atoms with van der Waals surface area (Å²) in [6, 6.07) is 0. The molecule has 0 aromatic carbocycles. The topological polar surface area (TPSA) is 17.1 Å². The third-order valence-electron chi connectivity index (χ3n) is 3.94. The Hall–Kier alpha value is -0.590. The predicted octanol–water partition coefficient (Wildman–Crippen LogP) is 3.10. The maximum absolute atomic E-state index is 11.8. The first kappa shape index (κ1) is 8.98. The Bertz CT molecular complexity index is 264. The Kier molecular flexibility index (Phi) is 2.05. The quantitative estimate of drug-likeness (QED) is 0.521. The van der Waals surface area contributed by atoms with Crippen molar-refractivity contribution in [1.82, 2.24) is 0 Å². The van der Waals surface area contributed by atoms with Crippen molar-refractivity contribution < 1.29 is 4.79 Å². The second-order valence-corrected chi connectivity index (χ2v) is 4.89. The molecule has 13 heavy (non-hydrogen) atoms. The molecule has 1 heteroatoms. The van der Waals surface area contributed by atoms with Gasteiger partial charge in [-0.25, -0.2) is 0 Å². The molecule has 0 aromatic heterocycles. The highest BCUT2D eigenvalue weighted by atomic mass is 16.1. The van der Waals surface area contributed by atoms with Gasteiger partial charge in [0.05, 0.1) is 0 Å². The first-order valence-electron chi connectivity index (χ1n) is 5.32. The summed E-state index contributed by atoms with van der Waals surface area (Å²) in [5.41, 5.74) is 1.48. The Morgan fingerprint density at radius 3 is 3.08 bits per heavy atom. The van der Waals surface area contributed by atoms with Crippen LogP contribution in [0.25, 0.3) is 0 Å². The first-order valence-corrected chi connectivity index (χ1v) is 5.32. The van der Waals surface area contributed by atoms with Gasteiger partial charge in [0.15, 0.2) is 0 Å². The summed E-state index contributed by atoms with van der Waals surface area (Å²) in [5, 5.41) is 0.